The molecule has 0 radical (unpaired) electrons. The molecule has 1 aromatic carbocycles. The molecule has 6 rings (SSSR count). The van der Waals surface area contributed by atoms with Gasteiger partial charge >= 0.3 is 0 Å². The lowest BCUT2D eigenvalue weighted by atomic mass is 10.1. The molecule has 3 amide bonds. The number of ether oxygens (including phenoxy) is 1. The topological polar surface area (TPSA) is 193 Å². The highest BCUT2D eigenvalue weighted by atomic mass is 16.6. The maximum absolute atomic E-state index is 12.4. The highest BCUT2D eigenvalue weighted by Gasteiger charge is 2.44. The third-order valence-corrected chi connectivity index (χ3v) is 7.43. The van der Waals surface area contributed by atoms with Crippen LogP contribution in [-0.4, -0.2) is 78.9 Å². The number of carbonyl (C=O) groups is 3. The van der Waals surface area contributed by atoms with Crippen molar-refractivity contribution >= 4 is 40.4 Å². The van der Waals surface area contributed by atoms with Gasteiger partial charge in [0.1, 0.15) is 24.6 Å². The Morgan fingerprint density at radius 2 is 1.90 bits per heavy atom. The molecule has 3 aliphatic rings. The third-order valence-electron chi connectivity index (χ3n) is 7.43. The zero-order valence-corrected chi connectivity index (χ0v) is 21.5. The molecular formula is C26H30N8O6. The lowest BCUT2D eigenvalue weighted by Crippen LogP contribution is -2.40. The number of carbonyl (C=O) groups excluding carboxylic acids is 3. The fourth-order valence-corrected chi connectivity index (χ4v) is 4.97. The van der Waals surface area contributed by atoms with Crippen molar-refractivity contribution in [2.75, 3.05) is 23.7 Å². The van der Waals surface area contributed by atoms with E-state index in [2.05, 4.69) is 36.2 Å². The molecule has 0 spiro atoms. The van der Waals surface area contributed by atoms with Crippen LogP contribution in [0.3, 0.4) is 0 Å². The van der Waals surface area contributed by atoms with Crippen molar-refractivity contribution < 1.29 is 29.3 Å². The molecule has 2 aromatic heterocycles. The molecule has 210 valence electrons. The maximum atomic E-state index is 12.4. The molecule has 1 saturated heterocycles. The predicted octanol–water partition coefficient (Wildman–Crippen LogP) is 0.0459. The van der Waals surface area contributed by atoms with Crippen molar-refractivity contribution in [2.45, 2.75) is 56.8 Å². The van der Waals surface area contributed by atoms with Crippen molar-refractivity contribution in [1.29, 1.82) is 0 Å². The van der Waals surface area contributed by atoms with Crippen LogP contribution in [0.15, 0.2) is 30.9 Å². The quantitative estimate of drug-likeness (QED) is 0.201. The first kappa shape index (κ1) is 26.1. The number of aliphatic hydroxyl groups excluding tert-OH is 2. The summed E-state index contributed by atoms with van der Waals surface area (Å²) in [6.07, 6.45) is 0.705. The molecule has 1 aliphatic carbocycles. The minimum atomic E-state index is -1.28. The Morgan fingerprint density at radius 3 is 2.73 bits per heavy atom. The second kappa shape index (κ2) is 10.8. The molecule has 4 heterocycles. The SMILES string of the molecule is O=C(CCC(=O)Nc1cccc2c1CNC2=O)NCC1OC(n2cnc3c(NCC4CC4)ncnc32)C(O)C1O. The van der Waals surface area contributed by atoms with Crippen LogP contribution >= 0.6 is 0 Å². The Labute approximate surface area is 228 Å². The molecule has 4 atom stereocenters. The van der Waals surface area contributed by atoms with Crippen LogP contribution < -0.4 is 21.3 Å². The minimum absolute atomic E-state index is 0.0645. The number of amides is 3. The van der Waals surface area contributed by atoms with Gasteiger partial charge in [0, 0.05) is 49.3 Å². The van der Waals surface area contributed by atoms with Gasteiger partial charge in [0.25, 0.3) is 5.91 Å². The molecule has 3 aromatic rings. The number of anilines is 2. The van der Waals surface area contributed by atoms with E-state index < -0.39 is 30.4 Å². The van der Waals surface area contributed by atoms with E-state index in [1.54, 1.807) is 22.8 Å². The Balaban J connectivity index is 1.01. The maximum Gasteiger partial charge on any atom is 0.251 e. The molecule has 1 saturated carbocycles. The lowest BCUT2D eigenvalue weighted by molar-refractivity contribution is -0.125. The fraction of sp³-hybridized carbons (Fsp3) is 0.462. The molecular weight excluding hydrogens is 520 g/mol. The van der Waals surface area contributed by atoms with E-state index in [1.165, 1.54) is 25.5 Å². The lowest BCUT2D eigenvalue weighted by Gasteiger charge is -2.16. The molecule has 2 fully saturated rings. The first-order valence-electron chi connectivity index (χ1n) is 13.3. The van der Waals surface area contributed by atoms with E-state index in [-0.39, 0.29) is 31.2 Å². The van der Waals surface area contributed by atoms with Crippen LogP contribution in [0.2, 0.25) is 0 Å². The summed E-state index contributed by atoms with van der Waals surface area (Å²) in [6, 6.07) is 5.08. The summed E-state index contributed by atoms with van der Waals surface area (Å²) in [6.45, 7) is 1.07. The summed E-state index contributed by atoms with van der Waals surface area (Å²) in [5.41, 5.74) is 2.75. The number of hydrogen-bond acceptors (Lipinski definition) is 10. The van der Waals surface area contributed by atoms with Gasteiger partial charge in [0.2, 0.25) is 11.8 Å². The second-order valence-corrected chi connectivity index (χ2v) is 10.3. The number of benzene rings is 1. The van der Waals surface area contributed by atoms with Crippen LogP contribution in [0.1, 0.15) is 47.8 Å². The van der Waals surface area contributed by atoms with Gasteiger partial charge in [-0.15, -0.1) is 0 Å². The number of rotatable bonds is 10. The van der Waals surface area contributed by atoms with Gasteiger partial charge in [-0.05, 0) is 30.9 Å². The number of hydrogen-bond donors (Lipinski definition) is 6. The Hall–Kier alpha value is -4.14. The summed E-state index contributed by atoms with van der Waals surface area (Å²) in [5, 5.41) is 32.7. The molecule has 6 N–H and O–H groups in total. The Bertz CT molecular complexity index is 1460. The number of nitrogens with zero attached hydrogens (tertiary/aromatic N) is 4. The normalized spacial score (nSPS) is 23.6. The smallest absolute Gasteiger partial charge is 0.251 e. The average molecular weight is 551 g/mol. The first-order valence-corrected chi connectivity index (χ1v) is 13.3. The molecule has 14 heteroatoms. The number of imidazole rings is 1. The van der Waals surface area contributed by atoms with E-state index in [4.69, 9.17) is 4.74 Å². The number of aromatic nitrogens is 4. The third kappa shape index (κ3) is 5.20. The summed E-state index contributed by atoms with van der Waals surface area (Å²) >= 11 is 0. The van der Waals surface area contributed by atoms with Crippen LogP contribution in [-0.2, 0) is 20.9 Å². The van der Waals surface area contributed by atoms with Gasteiger partial charge in [-0.3, -0.25) is 19.0 Å². The largest absolute Gasteiger partial charge is 0.387 e. The van der Waals surface area contributed by atoms with Crippen molar-refractivity contribution in [1.82, 2.24) is 30.2 Å². The molecule has 40 heavy (non-hydrogen) atoms. The highest BCUT2D eigenvalue weighted by Crippen LogP contribution is 2.33. The van der Waals surface area contributed by atoms with Crippen molar-refractivity contribution in [3.8, 4) is 0 Å². The van der Waals surface area contributed by atoms with E-state index in [9.17, 15) is 24.6 Å². The molecule has 2 aliphatic heterocycles. The summed E-state index contributed by atoms with van der Waals surface area (Å²) < 4.78 is 7.45. The predicted molar refractivity (Wildman–Crippen MR) is 141 cm³/mol. The van der Waals surface area contributed by atoms with E-state index in [0.717, 1.165) is 6.54 Å². The van der Waals surface area contributed by atoms with Gasteiger partial charge in [0.15, 0.2) is 23.2 Å². The zero-order chi connectivity index (χ0) is 27.8. The zero-order valence-electron chi connectivity index (χ0n) is 21.5. The van der Waals surface area contributed by atoms with Crippen molar-refractivity contribution in [3.63, 3.8) is 0 Å². The highest BCUT2D eigenvalue weighted by molar-refractivity contribution is 6.02. The van der Waals surface area contributed by atoms with Crippen molar-refractivity contribution in [2.24, 2.45) is 5.92 Å². The van der Waals surface area contributed by atoms with Crippen LogP contribution in [0, 0.1) is 5.92 Å². The Morgan fingerprint density at radius 1 is 1.07 bits per heavy atom. The standard InChI is InChI=1S/C26H30N8O6/c35-18(6-7-19(36)33-16-3-1-2-14-15(16)9-29-25(14)39)27-10-17-21(37)22(38)26(40-17)34-12-32-20-23(28-8-13-4-5-13)30-11-31-24(20)34/h1-3,11-13,17,21-22,26,37-38H,4-10H2,(H,27,35)(H,29,39)(H,33,36)(H,28,30,31). The number of aliphatic hydroxyl groups is 2. The van der Waals surface area contributed by atoms with E-state index in [1.807, 2.05) is 0 Å². The van der Waals surface area contributed by atoms with Crippen LogP contribution in [0.25, 0.3) is 11.2 Å². The van der Waals surface area contributed by atoms with Crippen LogP contribution in [0.5, 0.6) is 0 Å². The van der Waals surface area contributed by atoms with Gasteiger partial charge in [-0.25, -0.2) is 15.0 Å². The average Bonchev–Trinajstić information content (AvgIpc) is 3.46. The summed E-state index contributed by atoms with van der Waals surface area (Å²) in [7, 11) is 0. The monoisotopic (exact) mass is 550 g/mol. The molecule has 14 nitrogen and oxygen atoms in total. The number of nitrogens with one attached hydrogen (secondary N) is 4. The molecule has 4 unspecified atom stereocenters. The van der Waals surface area contributed by atoms with E-state index in [0.29, 0.717) is 46.3 Å². The van der Waals surface area contributed by atoms with Gasteiger partial charge < -0.3 is 36.2 Å². The molecule has 0 bridgehead atoms. The van der Waals surface area contributed by atoms with Crippen molar-refractivity contribution in [3.05, 3.63) is 42.0 Å². The first-order chi connectivity index (χ1) is 19.4. The van der Waals surface area contributed by atoms with Gasteiger partial charge in [-0.1, -0.05) is 6.07 Å². The second-order valence-electron chi connectivity index (χ2n) is 10.3. The summed E-state index contributed by atoms with van der Waals surface area (Å²) in [5.74, 6) is 0.274. The van der Waals surface area contributed by atoms with Gasteiger partial charge in [0.05, 0.1) is 6.33 Å². The van der Waals surface area contributed by atoms with Gasteiger partial charge in [-0.2, -0.15) is 0 Å². The number of fused-ring (bicyclic) bond motifs is 2. The minimum Gasteiger partial charge on any atom is -0.387 e. The van der Waals surface area contributed by atoms with E-state index >= 15 is 0 Å². The fourth-order valence-electron chi connectivity index (χ4n) is 4.97. The summed E-state index contributed by atoms with van der Waals surface area (Å²) in [4.78, 5) is 49.6. The van der Waals surface area contributed by atoms with Crippen LogP contribution in [0.4, 0.5) is 11.5 Å². The Kier molecular flexibility index (Phi) is 7.04.